The first-order chi connectivity index (χ1) is 16.0. The quantitative estimate of drug-likeness (QED) is 0.486. The number of rotatable bonds is 3. The summed E-state index contributed by atoms with van der Waals surface area (Å²) in [6, 6.07) is 17.1. The average Bonchev–Trinajstić information content (AvgIpc) is 3.25. The third-order valence-corrected chi connectivity index (χ3v) is 7.15. The number of nitrogens with one attached hydrogen (secondary N) is 1. The Balaban J connectivity index is 1.49. The van der Waals surface area contributed by atoms with Gasteiger partial charge < -0.3 is 9.80 Å². The van der Waals surface area contributed by atoms with E-state index in [1.165, 1.54) is 6.08 Å². The van der Waals surface area contributed by atoms with Gasteiger partial charge in [-0.1, -0.05) is 36.9 Å². The minimum absolute atomic E-state index is 0.00605. The largest absolute Gasteiger partial charge is 0.369 e. The van der Waals surface area contributed by atoms with Crippen LogP contribution in [-0.4, -0.2) is 47.2 Å². The Kier molecular flexibility index (Phi) is 4.12. The van der Waals surface area contributed by atoms with Crippen molar-refractivity contribution in [3.8, 4) is 17.2 Å². The molecule has 3 heterocycles. The van der Waals surface area contributed by atoms with Crippen molar-refractivity contribution in [2.75, 3.05) is 31.1 Å². The van der Waals surface area contributed by atoms with Gasteiger partial charge in [-0.3, -0.25) is 9.89 Å². The van der Waals surface area contributed by atoms with Crippen LogP contribution in [-0.2, 0) is 4.79 Å². The van der Waals surface area contributed by atoms with Crippen molar-refractivity contribution >= 4 is 33.3 Å². The van der Waals surface area contributed by atoms with E-state index < -0.39 is 0 Å². The molecule has 1 amide bonds. The summed E-state index contributed by atoms with van der Waals surface area (Å²) in [6.45, 7) is 8.87. The highest BCUT2D eigenvalue weighted by molar-refractivity contribution is 6.10. The van der Waals surface area contributed by atoms with Crippen LogP contribution in [0, 0.1) is 23.7 Å². The van der Waals surface area contributed by atoms with E-state index in [-0.39, 0.29) is 11.3 Å². The van der Waals surface area contributed by atoms with Gasteiger partial charge >= 0.3 is 0 Å². The Morgan fingerprint density at radius 1 is 1.15 bits per heavy atom. The molecule has 2 saturated heterocycles. The van der Waals surface area contributed by atoms with E-state index in [4.69, 9.17) is 0 Å². The molecule has 6 nitrogen and oxygen atoms in total. The molecule has 1 aromatic heterocycles. The molecule has 2 aliphatic heterocycles. The Morgan fingerprint density at radius 2 is 1.94 bits per heavy atom. The number of hydrogen-bond donors (Lipinski definition) is 1. The number of aromatic nitrogens is 2. The molecule has 2 aliphatic rings. The number of amides is 1. The number of carbonyl (C=O) groups is 1. The van der Waals surface area contributed by atoms with Crippen molar-refractivity contribution in [3.63, 3.8) is 0 Å². The summed E-state index contributed by atoms with van der Waals surface area (Å²) in [5.74, 6) is -0.00605. The van der Waals surface area contributed by atoms with Gasteiger partial charge in [0.15, 0.2) is 0 Å². The first kappa shape index (κ1) is 19.6. The van der Waals surface area contributed by atoms with Crippen LogP contribution >= 0.6 is 0 Å². The average molecular weight is 434 g/mol. The summed E-state index contributed by atoms with van der Waals surface area (Å²) in [6.07, 6.45) is 3.23. The van der Waals surface area contributed by atoms with E-state index in [1.807, 2.05) is 29.3 Å². The molecular weight excluding hydrogens is 410 g/mol. The van der Waals surface area contributed by atoms with Gasteiger partial charge in [0.1, 0.15) is 6.07 Å². The molecule has 0 saturated carbocycles. The summed E-state index contributed by atoms with van der Waals surface area (Å²) >= 11 is 0. The lowest BCUT2D eigenvalue weighted by atomic mass is 9.72. The fourth-order valence-electron chi connectivity index (χ4n) is 5.60. The third kappa shape index (κ3) is 2.79. The molecule has 0 radical (unpaired) electrons. The summed E-state index contributed by atoms with van der Waals surface area (Å²) in [4.78, 5) is 16.0. The highest BCUT2D eigenvalue weighted by Gasteiger charge is 2.53. The number of aromatic amines is 1. The van der Waals surface area contributed by atoms with Crippen LogP contribution in [0.3, 0.4) is 0 Å². The fraction of sp³-hybridized carbons (Fsp3) is 0.222. The maximum atomic E-state index is 11.9. The van der Waals surface area contributed by atoms with Crippen molar-refractivity contribution in [3.05, 3.63) is 72.4 Å². The van der Waals surface area contributed by atoms with Crippen molar-refractivity contribution < 1.29 is 4.79 Å². The van der Waals surface area contributed by atoms with Crippen molar-refractivity contribution in [1.82, 2.24) is 15.1 Å². The van der Waals surface area contributed by atoms with Crippen molar-refractivity contribution in [2.24, 2.45) is 5.41 Å². The number of benzene rings is 3. The molecule has 0 aliphatic carbocycles. The van der Waals surface area contributed by atoms with Crippen LogP contribution in [0.15, 0.2) is 61.3 Å². The van der Waals surface area contributed by atoms with E-state index in [1.54, 1.807) is 0 Å². The highest BCUT2D eigenvalue weighted by Crippen LogP contribution is 2.47. The number of likely N-dealkylation sites (tertiary alicyclic amines) is 1. The Hall–Kier alpha value is -4.11. The van der Waals surface area contributed by atoms with Crippen LogP contribution in [0.5, 0.6) is 0 Å². The molecule has 2 fully saturated rings. The van der Waals surface area contributed by atoms with E-state index in [0.717, 1.165) is 70.2 Å². The third-order valence-electron chi connectivity index (χ3n) is 7.15. The van der Waals surface area contributed by atoms with Gasteiger partial charge in [0.2, 0.25) is 5.91 Å². The first-order valence-corrected chi connectivity index (χ1v) is 11.1. The van der Waals surface area contributed by atoms with E-state index in [2.05, 4.69) is 58.9 Å². The van der Waals surface area contributed by atoms with Gasteiger partial charge in [0.25, 0.3) is 0 Å². The molecule has 6 heteroatoms. The number of fused-ring (bicyclic) bond motifs is 2. The molecule has 3 aromatic carbocycles. The summed E-state index contributed by atoms with van der Waals surface area (Å²) in [7, 11) is 0. The predicted octanol–water partition coefficient (Wildman–Crippen LogP) is 4.40. The van der Waals surface area contributed by atoms with Crippen molar-refractivity contribution in [1.29, 1.82) is 5.26 Å². The second kappa shape index (κ2) is 6.94. The molecule has 0 unspecified atom stereocenters. The maximum absolute atomic E-state index is 11.9. The first-order valence-electron chi connectivity index (χ1n) is 11.1. The molecule has 4 aromatic rings. The normalized spacial score (nSPS) is 16.5. The number of carbonyl (C=O) groups excluding carboxylic acids is 1. The van der Waals surface area contributed by atoms with Crippen LogP contribution in [0.2, 0.25) is 0 Å². The Bertz CT molecular complexity index is 1490. The zero-order valence-electron chi connectivity index (χ0n) is 18.4. The summed E-state index contributed by atoms with van der Waals surface area (Å²) < 4.78 is 0. The topological polar surface area (TPSA) is 76.0 Å². The molecule has 33 heavy (non-hydrogen) atoms. The van der Waals surface area contributed by atoms with Gasteiger partial charge in [-0.15, -0.1) is 0 Å². The molecule has 6 rings (SSSR count). The molecule has 162 valence electrons. The van der Waals surface area contributed by atoms with Crippen LogP contribution in [0.4, 0.5) is 5.69 Å². The van der Waals surface area contributed by atoms with Crippen LogP contribution < -0.4 is 4.90 Å². The summed E-state index contributed by atoms with van der Waals surface area (Å²) in [5, 5.41) is 20.9. The minimum atomic E-state index is -0.00605. The second-order valence-electron chi connectivity index (χ2n) is 9.32. The molecular formula is C27H23N5O. The molecule has 0 bridgehead atoms. The lowest BCUT2D eigenvalue weighted by molar-refractivity contribution is -0.139. The van der Waals surface area contributed by atoms with E-state index in [0.29, 0.717) is 5.56 Å². The zero-order chi connectivity index (χ0) is 22.7. The second-order valence-corrected chi connectivity index (χ2v) is 9.32. The smallest absolute Gasteiger partial charge is 0.245 e. The zero-order valence-corrected chi connectivity index (χ0v) is 18.4. The van der Waals surface area contributed by atoms with Gasteiger partial charge in [-0.05, 0) is 47.0 Å². The standard InChI is InChI=1S/C27H23N5O/c1-3-24(33)32-15-27(16-32)13-31(14-27)23-10-18-6-4-5-7-19(18)26(20(23)11-28)25-17(2)8-9-22-21(25)12-29-30-22/h3-10,12H,1,13-16H2,2H3,(H,29,30). The number of nitriles is 1. The van der Waals surface area contributed by atoms with Gasteiger partial charge in [0, 0.05) is 42.5 Å². The van der Waals surface area contributed by atoms with Crippen LogP contribution in [0.1, 0.15) is 11.1 Å². The number of H-pyrrole nitrogens is 1. The fourth-order valence-corrected chi connectivity index (χ4v) is 5.60. The Morgan fingerprint density at radius 3 is 2.70 bits per heavy atom. The lowest BCUT2D eigenvalue weighted by Crippen LogP contribution is -2.73. The number of anilines is 1. The van der Waals surface area contributed by atoms with Gasteiger partial charge in [-0.25, -0.2) is 0 Å². The van der Waals surface area contributed by atoms with Gasteiger partial charge in [-0.2, -0.15) is 10.4 Å². The molecule has 1 N–H and O–H groups in total. The number of hydrogen-bond acceptors (Lipinski definition) is 4. The highest BCUT2D eigenvalue weighted by atomic mass is 16.2. The maximum Gasteiger partial charge on any atom is 0.245 e. The summed E-state index contributed by atoms with van der Waals surface area (Å²) in [5.41, 5.74) is 5.87. The van der Waals surface area contributed by atoms with E-state index in [9.17, 15) is 10.1 Å². The lowest BCUT2D eigenvalue weighted by Gasteiger charge is -2.61. The number of aryl methyl sites for hydroxylation is 1. The van der Waals surface area contributed by atoms with E-state index >= 15 is 0 Å². The Labute approximate surface area is 191 Å². The van der Waals surface area contributed by atoms with Crippen molar-refractivity contribution in [2.45, 2.75) is 6.92 Å². The monoisotopic (exact) mass is 433 g/mol. The molecule has 1 spiro atoms. The SMILES string of the molecule is C=CC(=O)N1CC2(C1)CN(c1cc3ccccc3c(-c3c(C)ccc4[nH]ncc34)c1C#N)C2. The minimum Gasteiger partial charge on any atom is -0.369 e. The van der Waals surface area contributed by atoms with Crippen LogP contribution in [0.25, 0.3) is 32.8 Å². The van der Waals surface area contributed by atoms with Gasteiger partial charge in [0.05, 0.1) is 23.0 Å². The molecule has 0 atom stereocenters. The predicted molar refractivity (Wildman–Crippen MR) is 130 cm³/mol. The number of nitrogens with zero attached hydrogens (tertiary/aromatic N) is 4.